The quantitative estimate of drug-likeness (QED) is 0.137. The van der Waals surface area contributed by atoms with Gasteiger partial charge in [-0.05, 0) is 68.5 Å². The molecule has 2 aromatic carbocycles. The summed E-state index contributed by atoms with van der Waals surface area (Å²) in [4.78, 5) is 86.1. The van der Waals surface area contributed by atoms with Crippen molar-refractivity contribution in [3.8, 4) is 0 Å². The van der Waals surface area contributed by atoms with Crippen molar-refractivity contribution >= 4 is 69.4 Å². The van der Waals surface area contributed by atoms with E-state index in [0.717, 1.165) is 66.6 Å². The third-order valence-corrected chi connectivity index (χ3v) is 12.5. The summed E-state index contributed by atoms with van der Waals surface area (Å²) >= 11 is 1.53. The smallest absolute Gasteiger partial charge is 0.264 e. The molecule has 0 bridgehead atoms. The van der Waals surface area contributed by atoms with Crippen LogP contribution in [0.1, 0.15) is 90.6 Å². The molecular weight excluding hydrogens is 775 g/mol. The first-order valence-corrected chi connectivity index (χ1v) is 21.6. The molecule has 17 nitrogen and oxygen atoms in total. The number of aryl methyl sites for hydroxylation is 1. The number of fused-ring (bicyclic) bond motifs is 2. The maximum Gasteiger partial charge on any atom is 0.264 e. The van der Waals surface area contributed by atoms with Crippen LogP contribution >= 0.6 is 11.8 Å². The number of amides is 6. The first-order chi connectivity index (χ1) is 28.7. The maximum absolute atomic E-state index is 13.4. The molecule has 5 aliphatic rings. The van der Waals surface area contributed by atoms with Crippen LogP contribution in [-0.2, 0) is 32.3 Å². The summed E-state index contributed by atoms with van der Waals surface area (Å²) in [5.74, 6) is -1.69. The third kappa shape index (κ3) is 9.27. The van der Waals surface area contributed by atoms with E-state index in [9.17, 15) is 28.8 Å². The van der Waals surface area contributed by atoms with Crippen molar-refractivity contribution in [3.05, 3.63) is 65.5 Å². The second kappa shape index (κ2) is 18.0. The Morgan fingerprint density at radius 1 is 0.898 bits per heavy atom. The van der Waals surface area contributed by atoms with Crippen LogP contribution in [0.2, 0.25) is 0 Å². The summed E-state index contributed by atoms with van der Waals surface area (Å²) in [6, 6.07) is 12.6. The Morgan fingerprint density at radius 2 is 1.71 bits per heavy atom. The highest BCUT2D eigenvalue weighted by atomic mass is 32.2. The van der Waals surface area contributed by atoms with E-state index in [2.05, 4.69) is 36.5 Å². The zero-order valence-corrected chi connectivity index (χ0v) is 33.7. The van der Waals surface area contributed by atoms with Gasteiger partial charge < -0.3 is 25.8 Å². The van der Waals surface area contributed by atoms with Crippen molar-refractivity contribution < 1.29 is 28.8 Å². The third-order valence-electron chi connectivity index (χ3n) is 11.6. The van der Waals surface area contributed by atoms with Gasteiger partial charge in [0.2, 0.25) is 23.6 Å². The largest absolute Gasteiger partial charge is 0.379 e. The Bertz CT molecular complexity index is 2130. The van der Waals surface area contributed by atoms with Gasteiger partial charge in [-0.3, -0.25) is 48.7 Å². The minimum atomic E-state index is -1.03. The fourth-order valence-electron chi connectivity index (χ4n) is 8.39. The van der Waals surface area contributed by atoms with Gasteiger partial charge in [0, 0.05) is 62.6 Å². The summed E-state index contributed by atoms with van der Waals surface area (Å²) in [7, 11) is 0. The Balaban J connectivity index is 0.709. The fraction of sp³-hybridized carbons (Fsp3) is 0.488. The molecule has 18 heteroatoms. The number of aliphatic imine (C=N–C) groups is 1. The first kappa shape index (κ1) is 40.0. The molecule has 0 spiro atoms. The van der Waals surface area contributed by atoms with Gasteiger partial charge in [-0.25, -0.2) is 0 Å². The van der Waals surface area contributed by atoms with E-state index in [1.165, 1.54) is 24.6 Å². The average molecular weight is 824 g/mol. The molecule has 5 heterocycles. The van der Waals surface area contributed by atoms with Crippen LogP contribution in [0.25, 0.3) is 0 Å². The normalized spacial score (nSPS) is 21.5. The maximum atomic E-state index is 13.4. The minimum absolute atomic E-state index is 0.0396. The second-order valence-corrected chi connectivity index (χ2v) is 16.6. The van der Waals surface area contributed by atoms with Crippen LogP contribution in [0, 0.1) is 0 Å². The van der Waals surface area contributed by atoms with Gasteiger partial charge in [-0.15, -0.1) is 5.10 Å². The van der Waals surface area contributed by atoms with Crippen LogP contribution in [0.5, 0.6) is 0 Å². The van der Waals surface area contributed by atoms with Gasteiger partial charge in [-0.2, -0.15) is 0 Å². The van der Waals surface area contributed by atoms with Crippen LogP contribution in [-0.4, -0.2) is 115 Å². The minimum Gasteiger partial charge on any atom is -0.379 e. The molecule has 1 unspecified atom stereocenters. The lowest BCUT2D eigenvalue weighted by Gasteiger charge is -2.36. The highest BCUT2D eigenvalue weighted by Crippen LogP contribution is 2.33. The van der Waals surface area contributed by atoms with E-state index >= 15 is 0 Å². The first-order valence-electron chi connectivity index (χ1n) is 20.6. The van der Waals surface area contributed by atoms with Crippen molar-refractivity contribution in [2.75, 3.05) is 47.5 Å². The van der Waals surface area contributed by atoms with Gasteiger partial charge in [0.15, 0.2) is 5.17 Å². The number of amidine groups is 1. The summed E-state index contributed by atoms with van der Waals surface area (Å²) in [6.07, 6.45) is 9.50. The summed E-state index contributed by atoms with van der Waals surface area (Å²) < 4.78 is 1.74. The van der Waals surface area contributed by atoms with Gasteiger partial charge in [0.25, 0.3) is 11.8 Å². The van der Waals surface area contributed by atoms with Gasteiger partial charge >= 0.3 is 0 Å². The highest BCUT2D eigenvalue weighted by molar-refractivity contribution is 8.14. The molecule has 1 aromatic heterocycles. The molecule has 3 aromatic rings. The number of carbonyl (C=O) groups is 6. The van der Waals surface area contributed by atoms with Crippen molar-refractivity contribution in [3.63, 3.8) is 0 Å². The Hall–Kier alpha value is -5.78. The van der Waals surface area contributed by atoms with Crippen molar-refractivity contribution in [2.24, 2.45) is 4.99 Å². The lowest BCUT2D eigenvalue weighted by molar-refractivity contribution is -0.136. The van der Waals surface area contributed by atoms with E-state index in [4.69, 9.17) is 4.99 Å². The molecule has 4 aliphatic heterocycles. The molecular formula is C41H49N11O6S. The standard InChI is InChI=1S/C41H49N11O6S/c53-34(43-26-12-14-28(15-13-26)49-19-21-50(22-20-49)36(55)25-59-41-44-30-8-3-4-9-31(30)45-41)11-2-1-5-18-51-24-27(47-48-51)23-42-32-10-6-7-29-37(32)40(58)52(39(29)57)33-16-17-35(54)46-38(33)56/h6-7,10,12-15,24,30-31,33,42H,1-5,8-9,11,16-23,25H2,(H,43,53)(H,44,45)(H,46,54,56)/t30-,31-,33?/m1/s1. The topological polar surface area (TPSA) is 203 Å². The van der Waals surface area contributed by atoms with Crippen LogP contribution in [0.15, 0.2) is 53.7 Å². The average Bonchev–Trinajstić information content (AvgIpc) is 3.95. The number of anilines is 3. The zero-order chi connectivity index (χ0) is 40.9. The molecule has 2 saturated heterocycles. The number of nitrogens with zero attached hydrogens (tertiary/aromatic N) is 7. The number of piperidine rings is 1. The highest BCUT2D eigenvalue weighted by Gasteiger charge is 2.45. The molecule has 6 amide bonds. The van der Waals surface area contributed by atoms with E-state index in [0.29, 0.717) is 55.3 Å². The number of hydrogen-bond acceptors (Lipinski definition) is 13. The number of piperazine rings is 1. The molecule has 1 aliphatic carbocycles. The van der Waals surface area contributed by atoms with Crippen molar-refractivity contribution in [2.45, 2.75) is 95.4 Å². The number of aromatic nitrogens is 3. The monoisotopic (exact) mass is 823 g/mol. The molecule has 3 atom stereocenters. The number of benzene rings is 2. The Kier molecular flexibility index (Phi) is 12.2. The van der Waals surface area contributed by atoms with Crippen molar-refractivity contribution in [1.82, 2.24) is 35.4 Å². The number of rotatable bonds is 14. The van der Waals surface area contributed by atoms with E-state index in [1.807, 2.05) is 35.4 Å². The lowest BCUT2D eigenvalue weighted by Crippen LogP contribution is -2.54. The lowest BCUT2D eigenvalue weighted by atomic mass is 9.92. The molecule has 3 fully saturated rings. The number of unbranched alkanes of at least 4 members (excludes halogenated alkanes) is 2. The summed E-state index contributed by atoms with van der Waals surface area (Å²) in [5, 5.41) is 21.3. The number of imide groups is 2. The molecule has 0 radical (unpaired) electrons. The summed E-state index contributed by atoms with van der Waals surface area (Å²) in [5.41, 5.74) is 3.28. The number of thioether (sulfide) groups is 1. The fourth-order valence-corrected chi connectivity index (χ4v) is 9.27. The van der Waals surface area contributed by atoms with Crippen LogP contribution < -0.4 is 26.2 Å². The van der Waals surface area contributed by atoms with E-state index < -0.39 is 29.7 Å². The zero-order valence-electron chi connectivity index (χ0n) is 32.9. The molecule has 1 saturated carbocycles. The van der Waals surface area contributed by atoms with Gasteiger partial charge in [0.1, 0.15) is 11.7 Å². The molecule has 8 rings (SSSR count). The predicted octanol–water partition coefficient (Wildman–Crippen LogP) is 3.14. The number of carbonyl (C=O) groups excluding carboxylic acids is 6. The van der Waals surface area contributed by atoms with Gasteiger partial charge in [0.05, 0.1) is 41.7 Å². The number of hydrogen-bond donors (Lipinski definition) is 4. The molecule has 310 valence electrons. The van der Waals surface area contributed by atoms with Crippen LogP contribution in [0.4, 0.5) is 17.1 Å². The van der Waals surface area contributed by atoms with Gasteiger partial charge in [-0.1, -0.05) is 42.3 Å². The van der Waals surface area contributed by atoms with E-state index in [1.54, 1.807) is 22.9 Å². The Morgan fingerprint density at radius 3 is 2.51 bits per heavy atom. The van der Waals surface area contributed by atoms with Crippen molar-refractivity contribution in [1.29, 1.82) is 0 Å². The predicted molar refractivity (Wildman–Crippen MR) is 222 cm³/mol. The van der Waals surface area contributed by atoms with E-state index in [-0.39, 0.29) is 42.3 Å². The van der Waals surface area contributed by atoms with Crippen LogP contribution in [0.3, 0.4) is 0 Å². The Labute approximate surface area is 346 Å². The summed E-state index contributed by atoms with van der Waals surface area (Å²) in [6.45, 7) is 3.75. The number of nitrogens with one attached hydrogen (secondary N) is 4. The molecule has 59 heavy (non-hydrogen) atoms. The second-order valence-electron chi connectivity index (χ2n) is 15.6. The molecule has 4 N–H and O–H groups in total. The SMILES string of the molecule is O=C1CCC(N2C(=O)c3cccc(NCc4cn(CCCCCC(=O)Nc5ccc(N6CCN(C(=O)CSC7=N[C@@H]8CCCC[C@H]8N7)CC6)cc5)nn4)c3C2=O)C(=O)N1.